The van der Waals surface area contributed by atoms with Crippen molar-refractivity contribution in [3.63, 3.8) is 0 Å². The van der Waals surface area contributed by atoms with Crippen molar-refractivity contribution in [2.24, 2.45) is 0 Å². The molecule has 0 aliphatic rings. The molecule has 0 aliphatic heterocycles. The van der Waals surface area contributed by atoms with Crippen molar-refractivity contribution in [2.75, 3.05) is 32.9 Å². The molecule has 0 atom stereocenters. The number of rotatable bonds is 9. The molecular formula is C9H18F3NO2. The molecule has 0 aromatic heterocycles. The van der Waals surface area contributed by atoms with Gasteiger partial charge in [-0.2, -0.15) is 13.2 Å². The molecule has 0 rings (SSSR count). The Hall–Kier alpha value is -0.330. The minimum atomic E-state index is -4.23. The van der Waals surface area contributed by atoms with Crippen LogP contribution in [0.4, 0.5) is 13.2 Å². The molecule has 2 N–H and O–H groups in total. The largest absolute Gasteiger partial charge is 0.411 e. The van der Waals surface area contributed by atoms with E-state index in [-0.39, 0.29) is 13.2 Å². The molecule has 0 spiro atoms. The minimum absolute atomic E-state index is 0.118. The maximum atomic E-state index is 11.6. The summed E-state index contributed by atoms with van der Waals surface area (Å²) in [6.07, 6.45) is -2.04. The lowest BCUT2D eigenvalue weighted by Crippen LogP contribution is -2.21. The molecule has 0 aromatic rings. The van der Waals surface area contributed by atoms with Crippen LogP contribution in [-0.2, 0) is 4.74 Å². The third-order valence-electron chi connectivity index (χ3n) is 1.67. The minimum Gasteiger partial charge on any atom is -0.396 e. The van der Waals surface area contributed by atoms with Crippen LogP contribution in [0, 0.1) is 0 Å². The highest BCUT2D eigenvalue weighted by Gasteiger charge is 2.26. The van der Waals surface area contributed by atoms with Gasteiger partial charge in [-0.05, 0) is 32.4 Å². The molecule has 0 amide bonds. The van der Waals surface area contributed by atoms with Gasteiger partial charge in [0.15, 0.2) is 0 Å². The van der Waals surface area contributed by atoms with Crippen molar-refractivity contribution in [2.45, 2.75) is 25.4 Å². The van der Waals surface area contributed by atoms with E-state index in [1.807, 2.05) is 0 Å². The van der Waals surface area contributed by atoms with Gasteiger partial charge in [-0.25, -0.2) is 0 Å². The molecule has 0 saturated carbocycles. The Bertz CT molecular complexity index is 142. The Morgan fingerprint density at radius 2 is 1.73 bits per heavy atom. The number of aliphatic hydroxyl groups is 1. The van der Waals surface area contributed by atoms with E-state index in [0.717, 1.165) is 19.4 Å². The van der Waals surface area contributed by atoms with Crippen molar-refractivity contribution in [3.8, 4) is 0 Å². The number of nitrogens with one attached hydrogen (secondary N) is 1. The average Bonchev–Trinajstić information content (AvgIpc) is 2.14. The molecular weight excluding hydrogens is 211 g/mol. The summed E-state index contributed by atoms with van der Waals surface area (Å²) in [7, 11) is 0. The molecule has 15 heavy (non-hydrogen) atoms. The zero-order valence-corrected chi connectivity index (χ0v) is 8.65. The summed E-state index contributed by atoms with van der Waals surface area (Å²) < 4.78 is 39.2. The number of halogens is 3. The number of hydrogen-bond acceptors (Lipinski definition) is 3. The first-order chi connectivity index (χ1) is 7.06. The van der Waals surface area contributed by atoms with Gasteiger partial charge < -0.3 is 15.2 Å². The highest BCUT2D eigenvalue weighted by Crippen LogP contribution is 2.14. The standard InChI is InChI=1S/C9H18F3NO2/c10-9(11,12)8-15-7-3-5-13-4-1-2-6-14/h13-14H,1-8H2. The van der Waals surface area contributed by atoms with Gasteiger partial charge in [0.25, 0.3) is 0 Å². The summed E-state index contributed by atoms with van der Waals surface area (Å²) >= 11 is 0. The number of ether oxygens (including phenoxy) is 1. The molecule has 0 fully saturated rings. The van der Waals surface area contributed by atoms with Crippen LogP contribution in [0.2, 0.25) is 0 Å². The Balaban J connectivity index is 2.99. The van der Waals surface area contributed by atoms with Gasteiger partial charge in [-0.1, -0.05) is 0 Å². The predicted octanol–water partition coefficient (Wildman–Crippen LogP) is 1.32. The smallest absolute Gasteiger partial charge is 0.396 e. The van der Waals surface area contributed by atoms with Crippen LogP contribution >= 0.6 is 0 Å². The molecule has 0 radical (unpaired) electrons. The number of hydrogen-bond donors (Lipinski definition) is 2. The third-order valence-corrected chi connectivity index (χ3v) is 1.67. The van der Waals surface area contributed by atoms with Gasteiger partial charge in [0.1, 0.15) is 6.61 Å². The van der Waals surface area contributed by atoms with Crippen LogP contribution in [0.1, 0.15) is 19.3 Å². The molecule has 0 heterocycles. The molecule has 0 aromatic carbocycles. The van der Waals surface area contributed by atoms with Crippen LogP contribution in [-0.4, -0.2) is 44.2 Å². The predicted molar refractivity (Wildman–Crippen MR) is 50.7 cm³/mol. The van der Waals surface area contributed by atoms with Crippen molar-refractivity contribution < 1.29 is 23.0 Å². The number of aliphatic hydroxyl groups excluding tert-OH is 1. The summed E-state index contributed by atoms with van der Waals surface area (Å²) in [5.41, 5.74) is 0. The zero-order valence-electron chi connectivity index (χ0n) is 8.65. The first kappa shape index (κ1) is 14.7. The van der Waals surface area contributed by atoms with Crippen molar-refractivity contribution in [3.05, 3.63) is 0 Å². The summed E-state index contributed by atoms with van der Waals surface area (Å²) in [6, 6.07) is 0. The van der Waals surface area contributed by atoms with E-state index in [4.69, 9.17) is 5.11 Å². The maximum absolute atomic E-state index is 11.6. The van der Waals surface area contributed by atoms with Gasteiger partial charge in [-0.15, -0.1) is 0 Å². The highest BCUT2D eigenvalue weighted by atomic mass is 19.4. The zero-order chi connectivity index (χ0) is 11.6. The van der Waals surface area contributed by atoms with Crippen molar-refractivity contribution >= 4 is 0 Å². The lowest BCUT2D eigenvalue weighted by Gasteiger charge is -2.07. The second kappa shape index (κ2) is 8.94. The van der Waals surface area contributed by atoms with Crippen LogP contribution < -0.4 is 5.32 Å². The molecule has 0 saturated heterocycles. The summed E-state index contributed by atoms with van der Waals surface area (Å²) in [5.74, 6) is 0. The molecule has 92 valence electrons. The lowest BCUT2D eigenvalue weighted by molar-refractivity contribution is -0.173. The summed E-state index contributed by atoms with van der Waals surface area (Å²) in [4.78, 5) is 0. The number of alkyl halides is 3. The first-order valence-electron chi connectivity index (χ1n) is 5.02. The van der Waals surface area contributed by atoms with Gasteiger partial charge in [-0.3, -0.25) is 0 Å². The van der Waals surface area contributed by atoms with E-state index in [1.54, 1.807) is 0 Å². The Morgan fingerprint density at radius 3 is 2.33 bits per heavy atom. The van der Waals surface area contributed by atoms with Gasteiger partial charge in [0.05, 0.1) is 0 Å². The fraction of sp³-hybridized carbons (Fsp3) is 1.00. The quantitative estimate of drug-likeness (QED) is 0.586. The maximum Gasteiger partial charge on any atom is 0.411 e. The van der Waals surface area contributed by atoms with E-state index in [2.05, 4.69) is 10.1 Å². The summed E-state index contributed by atoms with van der Waals surface area (Å²) in [5, 5.41) is 11.5. The van der Waals surface area contributed by atoms with E-state index in [9.17, 15) is 13.2 Å². The second-order valence-corrected chi connectivity index (χ2v) is 3.20. The Kier molecular flexibility index (Phi) is 8.74. The lowest BCUT2D eigenvalue weighted by atomic mass is 10.3. The first-order valence-corrected chi connectivity index (χ1v) is 5.02. The van der Waals surface area contributed by atoms with E-state index < -0.39 is 12.8 Å². The van der Waals surface area contributed by atoms with Crippen LogP contribution in [0.15, 0.2) is 0 Å². The van der Waals surface area contributed by atoms with Crippen molar-refractivity contribution in [1.82, 2.24) is 5.32 Å². The van der Waals surface area contributed by atoms with Gasteiger partial charge in [0, 0.05) is 13.2 Å². The molecule has 0 unspecified atom stereocenters. The van der Waals surface area contributed by atoms with Gasteiger partial charge in [0.2, 0.25) is 0 Å². The average molecular weight is 229 g/mol. The monoisotopic (exact) mass is 229 g/mol. The van der Waals surface area contributed by atoms with E-state index >= 15 is 0 Å². The molecule has 0 aliphatic carbocycles. The third kappa shape index (κ3) is 13.7. The second-order valence-electron chi connectivity index (χ2n) is 3.20. The highest BCUT2D eigenvalue weighted by molar-refractivity contribution is 4.50. The van der Waals surface area contributed by atoms with Gasteiger partial charge >= 0.3 is 6.18 Å². The Labute approximate surface area is 87.6 Å². The normalized spacial score (nSPS) is 12.0. The van der Waals surface area contributed by atoms with E-state index in [0.29, 0.717) is 13.0 Å². The SMILES string of the molecule is OCCCCNCCCOCC(F)(F)F. The molecule has 3 nitrogen and oxygen atoms in total. The van der Waals surface area contributed by atoms with E-state index in [1.165, 1.54) is 0 Å². The Morgan fingerprint density at radius 1 is 1.07 bits per heavy atom. The molecule has 0 bridgehead atoms. The van der Waals surface area contributed by atoms with Crippen LogP contribution in [0.3, 0.4) is 0 Å². The fourth-order valence-electron chi connectivity index (χ4n) is 0.974. The fourth-order valence-corrected chi connectivity index (χ4v) is 0.974. The topological polar surface area (TPSA) is 41.5 Å². The van der Waals surface area contributed by atoms with Crippen LogP contribution in [0.25, 0.3) is 0 Å². The molecule has 6 heteroatoms. The summed E-state index contributed by atoms with van der Waals surface area (Å²) in [6.45, 7) is 0.545. The van der Waals surface area contributed by atoms with Crippen molar-refractivity contribution in [1.29, 1.82) is 0 Å². The van der Waals surface area contributed by atoms with Crippen LogP contribution in [0.5, 0.6) is 0 Å². The number of unbranched alkanes of at least 4 members (excludes halogenated alkanes) is 1.